The van der Waals surface area contributed by atoms with Gasteiger partial charge in [-0.1, -0.05) is 28.4 Å². The summed E-state index contributed by atoms with van der Waals surface area (Å²) in [5.74, 6) is 0.272. The third kappa shape index (κ3) is 4.75. The number of halogens is 2. The van der Waals surface area contributed by atoms with Gasteiger partial charge in [0, 0.05) is 11.8 Å². The van der Waals surface area contributed by atoms with Crippen molar-refractivity contribution in [2.24, 2.45) is 5.92 Å². The highest BCUT2D eigenvalue weighted by molar-refractivity contribution is 6.32. The minimum Gasteiger partial charge on any atom is -0.489 e. The van der Waals surface area contributed by atoms with Crippen molar-refractivity contribution in [2.45, 2.75) is 38.9 Å². The van der Waals surface area contributed by atoms with Gasteiger partial charge < -0.3 is 19.1 Å². The molecular weight excluding hydrogens is 445 g/mol. The Bertz CT molecular complexity index is 1110. The second kappa shape index (κ2) is 8.72. The molecule has 0 atom stereocenters. The molecule has 0 aliphatic heterocycles. The van der Waals surface area contributed by atoms with Gasteiger partial charge in [-0.2, -0.15) is 4.98 Å². The maximum atomic E-state index is 10.9. The number of aromatic nitrogens is 3. The molecule has 162 valence electrons. The van der Waals surface area contributed by atoms with Gasteiger partial charge in [0.1, 0.15) is 16.9 Å². The van der Waals surface area contributed by atoms with Crippen molar-refractivity contribution >= 4 is 29.2 Å². The molecule has 0 radical (unpaired) electrons. The van der Waals surface area contributed by atoms with E-state index in [-0.39, 0.29) is 24.0 Å². The molecule has 1 aliphatic carbocycles. The number of ether oxygens (including phenoxy) is 2. The predicted molar refractivity (Wildman–Crippen MR) is 114 cm³/mol. The van der Waals surface area contributed by atoms with E-state index in [0.717, 1.165) is 0 Å². The molecule has 1 N–H and O–H groups in total. The zero-order valence-corrected chi connectivity index (χ0v) is 18.2. The van der Waals surface area contributed by atoms with Gasteiger partial charge in [0.15, 0.2) is 0 Å². The quantitative estimate of drug-likeness (QED) is 0.513. The second-order valence-electron chi connectivity index (χ2n) is 7.49. The van der Waals surface area contributed by atoms with E-state index in [1.165, 1.54) is 0 Å². The number of nitrogens with zero attached hydrogens (tertiary/aromatic N) is 3. The van der Waals surface area contributed by atoms with E-state index in [1.54, 1.807) is 30.5 Å². The maximum Gasteiger partial charge on any atom is 0.306 e. The molecule has 0 unspecified atom stereocenters. The zero-order valence-electron chi connectivity index (χ0n) is 16.7. The van der Waals surface area contributed by atoms with E-state index in [2.05, 4.69) is 15.1 Å². The lowest BCUT2D eigenvalue weighted by Crippen LogP contribution is -2.38. The topological polar surface area (TPSA) is 108 Å². The van der Waals surface area contributed by atoms with Gasteiger partial charge in [-0.25, -0.2) is 4.98 Å². The first kappa shape index (κ1) is 21.4. The Morgan fingerprint density at radius 2 is 1.94 bits per heavy atom. The van der Waals surface area contributed by atoms with Crippen molar-refractivity contribution in [2.75, 3.05) is 0 Å². The van der Waals surface area contributed by atoms with Crippen LogP contribution in [-0.2, 0) is 4.79 Å². The Hall–Kier alpha value is -2.84. The second-order valence-corrected chi connectivity index (χ2v) is 8.31. The van der Waals surface area contributed by atoms with E-state index in [0.29, 0.717) is 51.5 Å². The number of hydrogen-bond donors (Lipinski definition) is 1. The fourth-order valence-corrected chi connectivity index (χ4v) is 3.52. The van der Waals surface area contributed by atoms with Crippen LogP contribution in [0.15, 0.2) is 35.0 Å². The first-order valence-corrected chi connectivity index (χ1v) is 10.4. The van der Waals surface area contributed by atoms with Crippen LogP contribution in [0.25, 0.3) is 22.8 Å². The number of hydrogen-bond acceptors (Lipinski definition) is 7. The summed E-state index contributed by atoms with van der Waals surface area (Å²) in [4.78, 5) is 19.5. The van der Waals surface area contributed by atoms with Gasteiger partial charge in [-0.3, -0.25) is 4.79 Å². The zero-order chi connectivity index (χ0) is 22.1. The Balaban J connectivity index is 1.47. The summed E-state index contributed by atoms with van der Waals surface area (Å²) in [6.45, 7) is 3.77. The summed E-state index contributed by atoms with van der Waals surface area (Å²) >= 11 is 12.6. The number of aliphatic carboxylic acids is 1. The Labute approximate surface area is 188 Å². The van der Waals surface area contributed by atoms with Gasteiger partial charge in [-0.05, 0) is 51.0 Å². The lowest BCUT2D eigenvalue weighted by molar-refractivity contribution is -0.147. The molecule has 4 rings (SSSR count). The van der Waals surface area contributed by atoms with Crippen LogP contribution in [0.4, 0.5) is 0 Å². The molecule has 2 aromatic heterocycles. The molecule has 1 aromatic carbocycles. The van der Waals surface area contributed by atoms with Crippen molar-refractivity contribution < 1.29 is 23.9 Å². The van der Waals surface area contributed by atoms with Gasteiger partial charge in [0.25, 0.3) is 5.89 Å². The lowest BCUT2D eigenvalue weighted by Gasteiger charge is -2.32. The number of rotatable bonds is 7. The molecule has 0 amide bonds. The van der Waals surface area contributed by atoms with Crippen molar-refractivity contribution in [3.05, 3.63) is 40.5 Å². The molecular formula is C21H19Cl2N3O5. The minimum absolute atomic E-state index is 0.0505. The normalized spacial score (nSPS) is 18.0. The van der Waals surface area contributed by atoms with Gasteiger partial charge in [-0.15, -0.1) is 0 Å². The van der Waals surface area contributed by atoms with Crippen LogP contribution in [0.3, 0.4) is 0 Å². The summed E-state index contributed by atoms with van der Waals surface area (Å²) in [7, 11) is 0. The number of benzene rings is 1. The molecule has 10 heteroatoms. The van der Waals surface area contributed by atoms with Crippen molar-refractivity contribution in [1.82, 2.24) is 15.1 Å². The highest BCUT2D eigenvalue weighted by Crippen LogP contribution is 2.36. The van der Waals surface area contributed by atoms with Crippen LogP contribution in [0.2, 0.25) is 10.0 Å². The van der Waals surface area contributed by atoms with E-state index in [1.807, 2.05) is 13.8 Å². The van der Waals surface area contributed by atoms with Crippen molar-refractivity contribution in [3.8, 4) is 34.5 Å². The summed E-state index contributed by atoms with van der Waals surface area (Å²) < 4.78 is 16.7. The molecule has 1 saturated carbocycles. The van der Waals surface area contributed by atoms with Crippen molar-refractivity contribution in [3.63, 3.8) is 0 Å². The monoisotopic (exact) mass is 463 g/mol. The highest BCUT2D eigenvalue weighted by atomic mass is 35.5. The standard InChI is InChI=1S/C21H19Cl2N3O5/c1-10(2)29-20-16(23)8-13(9-24-20)19-25-18(26-31-19)11-3-4-17(15(22)7-11)30-14-5-12(6-14)21(27)28/h3-4,7-10,12,14H,5-6H2,1-2H3,(H,27,28). The molecule has 0 spiro atoms. The minimum atomic E-state index is -0.798. The predicted octanol–water partition coefficient (Wildman–Crippen LogP) is 5.13. The third-order valence-corrected chi connectivity index (χ3v) is 5.32. The molecule has 8 nitrogen and oxygen atoms in total. The lowest BCUT2D eigenvalue weighted by atomic mass is 9.82. The molecule has 0 bridgehead atoms. The molecule has 1 aliphatic rings. The first-order chi connectivity index (χ1) is 14.8. The van der Waals surface area contributed by atoms with Crippen molar-refractivity contribution in [1.29, 1.82) is 0 Å². The summed E-state index contributed by atoms with van der Waals surface area (Å²) in [5.41, 5.74) is 1.20. The van der Waals surface area contributed by atoms with E-state index >= 15 is 0 Å². The Morgan fingerprint density at radius 1 is 1.19 bits per heavy atom. The molecule has 1 fully saturated rings. The maximum absolute atomic E-state index is 10.9. The van der Waals surface area contributed by atoms with Crippen LogP contribution in [0, 0.1) is 5.92 Å². The number of carboxylic acid groups (broad SMARTS) is 1. The number of carbonyl (C=O) groups is 1. The Morgan fingerprint density at radius 3 is 2.58 bits per heavy atom. The smallest absolute Gasteiger partial charge is 0.306 e. The van der Waals surface area contributed by atoms with Crippen LogP contribution < -0.4 is 9.47 Å². The molecule has 2 heterocycles. The summed E-state index contributed by atoms with van der Waals surface area (Å²) in [5, 5.41) is 13.7. The first-order valence-electron chi connectivity index (χ1n) is 9.66. The van der Waals surface area contributed by atoms with Gasteiger partial charge in [0.2, 0.25) is 11.7 Å². The van der Waals surface area contributed by atoms with Crippen LogP contribution in [0.5, 0.6) is 11.6 Å². The van der Waals surface area contributed by atoms with E-state index in [4.69, 9.17) is 42.3 Å². The average molecular weight is 464 g/mol. The largest absolute Gasteiger partial charge is 0.489 e. The number of carboxylic acids is 1. The number of pyridine rings is 1. The highest BCUT2D eigenvalue weighted by Gasteiger charge is 2.36. The summed E-state index contributed by atoms with van der Waals surface area (Å²) in [6, 6.07) is 6.78. The molecule has 3 aromatic rings. The Kier molecular flexibility index (Phi) is 6.02. The molecule has 0 saturated heterocycles. The van der Waals surface area contributed by atoms with Gasteiger partial charge in [0.05, 0.1) is 22.6 Å². The molecule has 31 heavy (non-hydrogen) atoms. The average Bonchev–Trinajstić information content (AvgIpc) is 3.16. The van der Waals surface area contributed by atoms with Crippen LogP contribution >= 0.6 is 23.2 Å². The van der Waals surface area contributed by atoms with Gasteiger partial charge >= 0.3 is 5.97 Å². The van der Waals surface area contributed by atoms with Crippen LogP contribution in [-0.4, -0.2) is 38.4 Å². The fourth-order valence-electron chi connectivity index (χ4n) is 3.09. The van der Waals surface area contributed by atoms with Crippen LogP contribution in [0.1, 0.15) is 26.7 Å². The fraction of sp³-hybridized carbons (Fsp3) is 0.333. The third-order valence-electron chi connectivity index (χ3n) is 4.76. The SMILES string of the molecule is CC(C)Oc1ncc(-c2nc(-c3ccc(OC4CC(C(=O)O)C4)c(Cl)c3)no2)cc1Cl. The summed E-state index contributed by atoms with van der Waals surface area (Å²) in [6.07, 6.45) is 2.29. The van der Waals surface area contributed by atoms with E-state index in [9.17, 15) is 4.79 Å². The van der Waals surface area contributed by atoms with E-state index < -0.39 is 5.97 Å².